The second-order valence-corrected chi connectivity index (χ2v) is 3.83. The van der Waals surface area contributed by atoms with E-state index in [0.29, 0.717) is 19.2 Å². The van der Waals surface area contributed by atoms with Gasteiger partial charge in [0, 0.05) is 19.2 Å². The Balaban J connectivity index is 3.60. The number of aliphatic hydroxyl groups is 1. The van der Waals surface area contributed by atoms with Crippen LogP contribution in [0.25, 0.3) is 0 Å². The summed E-state index contributed by atoms with van der Waals surface area (Å²) < 4.78 is 4.90. The lowest BCUT2D eigenvalue weighted by atomic mass is 10.1. The molecule has 0 bridgehead atoms. The number of carbonyl (C=O) groups excluding carboxylic acids is 1. The number of hydrogen-bond acceptors (Lipinski definition) is 4. The maximum Gasteiger partial charge on any atom is 0.309 e. The Bertz CT molecular complexity index is 173. The Morgan fingerprint density at radius 3 is 2.67 bits per heavy atom. The summed E-state index contributed by atoms with van der Waals surface area (Å²) in [6.45, 7) is 6.99. The third-order valence-corrected chi connectivity index (χ3v) is 2.26. The van der Waals surface area contributed by atoms with Gasteiger partial charge in [-0.3, -0.25) is 4.79 Å². The second-order valence-electron chi connectivity index (χ2n) is 3.83. The highest BCUT2D eigenvalue weighted by Gasteiger charge is 2.14. The summed E-state index contributed by atoms with van der Waals surface area (Å²) in [6.07, 6.45) is 1.72. The second kappa shape index (κ2) is 8.68. The van der Waals surface area contributed by atoms with Crippen LogP contribution in [0.5, 0.6) is 0 Å². The van der Waals surface area contributed by atoms with E-state index in [9.17, 15) is 4.79 Å². The summed E-state index contributed by atoms with van der Waals surface area (Å²) in [5, 5.41) is 11.9. The third kappa shape index (κ3) is 7.33. The maximum atomic E-state index is 11.3. The zero-order chi connectivity index (χ0) is 11.7. The topological polar surface area (TPSA) is 58.6 Å². The highest BCUT2D eigenvalue weighted by molar-refractivity contribution is 5.72. The molecule has 0 aliphatic heterocycles. The molecule has 90 valence electrons. The molecule has 0 aliphatic rings. The lowest BCUT2D eigenvalue weighted by Crippen LogP contribution is -2.34. The molecule has 0 aromatic carbocycles. The third-order valence-electron chi connectivity index (χ3n) is 2.26. The number of ether oxygens (including phenoxy) is 1. The van der Waals surface area contributed by atoms with Crippen LogP contribution in [0.1, 0.15) is 33.6 Å². The first-order chi connectivity index (χ1) is 7.11. The van der Waals surface area contributed by atoms with Crippen LogP contribution in [0.4, 0.5) is 0 Å². The number of carbonyl (C=O) groups is 1. The molecule has 0 aliphatic carbocycles. The van der Waals surface area contributed by atoms with E-state index in [1.807, 2.05) is 20.8 Å². The molecule has 0 aromatic rings. The lowest BCUT2D eigenvalue weighted by molar-refractivity contribution is -0.147. The minimum absolute atomic E-state index is 0.110. The van der Waals surface area contributed by atoms with Crippen LogP contribution in [0.3, 0.4) is 0 Å². The molecule has 4 heteroatoms. The first-order valence-corrected chi connectivity index (χ1v) is 5.62. The first kappa shape index (κ1) is 14.4. The minimum atomic E-state index is -0.153. The summed E-state index contributed by atoms with van der Waals surface area (Å²) in [5.74, 6) is -0.263. The van der Waals surface area contributed by atoms with Crippen LogP contribution in [-0.2, 0) is 9.53 Å². The van der Waals surface area contributed by atoms with Gasteiger partial charge in [-0.2, -0.15) is 0 Å². The minimum Gasteiger partial charge on any atom is -0.466 e. The molecule has 2 N–H and O–H groups in total. The summed E-state index contributed by atoms with van der Waals surface area (Å²) >= 11 is 0. The van der Waals surface area contributed by atoms with Crippen molar-refractivity contribution in [2.24, 2.45) is 5.92 Å². The van der Waals surface area contributed by atoms with Crippen molar-refractivity contribution in [1.29, 1.82) is 0 Å². The SMILES string of the molecule is CCOC(=O)C(C)CNC(C)CCCO. The van der Waals surface area contributed by atoms with E-state index in [-0.39, 0.29) is 18.5 Å². The van der Waals surface area contributed by atoms with Gasteiger partial charge in [0.05, 0.1) is 12.5 Å². The van der Waals surface area contributed by atoms with Crippen LogP contribution in [0.15, 0.2) is 0 Å². The summed E-state index contributed by atoms with van der Waals surface area (Å²) in [6, 6.07) is 0.328. The summed E-state index contributed by atoms with van der Waals surface area (Å²) in [4.78, 5) is 11.3. The maximum absolute atomic E-state index is 11.3. The number of aliphatic hydroxyl groups excluding tert-OH is 1. The smallest absolute Gasteiger partial charge is 0.309 e. The van der Waals surface area contributed by atoms with Gasteiger partial charge in [0.25, 0.3) is 0 Å². The van der Waals surface area contributed by atoms with Crippen molar-refractivity contribution >= 4 is 5.97 Å². The molecular weight excluding hydrogens is 194 g/mol. The Kier molecular flexibility index (Phi) is 8.33. The Morgan fingerprint density at radius 2 is 2.13 bits per heavy atom. The average molecular weight is 217 g/mol. The Hall–Kier alpha value is -0.610. The monoisotopic (exact) mass is 217 g/mol. The molecule has 2 atom stereocenters. The van der Waals surface area contributed by atoms with E-state index in [1.54, 1.807) is 0 Å². The molecule has 0 rings (SSSR count). The van der Waals surface area contributed by atoms with Gasteiger partial charge in [0.2, 0.25) is 0 Å². The van der Waals surface area contributed by atoms with Gasteiger partial charge in [-0.1, -0.05) is 6.92 Å². The van der Waals surface area contributed by atoms with Gasteiger partial charge in [-0.25, -0.2) is 0 Å². The largest absolute Gasteiger partial charge is 0.466 e. The molecule has 4 nitrogen and oxygen atoms in total. The summed E-state index contributed by atoms with van der Waals surface area (Å²) in [5.41, 5.74) is 0. The fraction of sp³-hybridized carbons (Fsp3) is 0.909. The highest BCUT2D eigenvalue weighted by atomic mass is 16.5. The standard InChI is InChI=1S/C11H23NO3/c1-4-15-11(14)9(2)8-12-10(3)6-5-7-13/h9-10,12-13H,4-8H2,1-3H3. The van der Waals surface area contributed by atoms with E-state index in [0.717, 1.165) is 12.8 Å². The van der Waals surface area contributed by atoms with Crippen LogP contribution < -0.4 is 5.32 Å². The van der Waals surface area contributed by atoms with E-state index in [4.69, 9.17) is 9.84 Å². The van der Waals surface area contributed by atoms with Gasteiger partial charge in [-0.15, -0.1) is 0 Å². The number of rotatable bonds is 8. The predicted molar refractivity (Wildman–Crippen MR) is 59.6 cm³/mol. The van der Waals surface area contributed by atoms with E-state index in [1.165, 1.54) is 0 Å². The molecule has 0 fully saturated rings. The predicted octanol–water partition coefficient (Wildman–Crippen LogP) is 0.936. The van der Waals surface area contributed by atoms with Crippen molar-refractivity contribution in [2.45, 2.75) is 39.7 Å². The van der Waals surface area contributed by atoms with Crippen LogP contribution >= 0.6 is 0 Å². The molecule has 0 spiro atoms. The molecule has 0 saturated heterocycles. The molecule has 0 aromatic heterocycles. The zero-order valence-corrected chi connectivity index (χ0v) is 9.95. The van der Waals surface area contributed by atoms with E-state index >= 15 is 0 Å². The molecule has 0 radical (unpaired) electrons. The zero-order valence-electron chi connectivity index (χ0n) is 9.95. The molecule has 15 heavy (non-hydrogen) atoms. The molecular formula is C11H23NO3. The highest BCUT2D eigenvalue weighted by Crippen LogP contribution is 2.00. The summed E-state index contributed by atoms with van der Waals surface area (Å²) in [7, 11) is 0. The van der Waals surface area contributed by atoms with Gasteiger partial charge in [0.1, 0.15) is 0 Å². The molecule has 0 amide bonds. The fourth-order valence-electron chi connectivity index (χ4n) is 1.25. The van der Waals surface area contributed by atoms with Crippen molar-refractivity contribution in [2.75, 3.05) is 19.8 Å². The van der Waals surface area contributed by atoms with E-state index in [2.05, 4.69) is 5.32 Å². The quantitative estimate of drug-likeness (QED) is 0.594. The Labute approximate surface area is 92.0 Å². The normalized spacial score (nSPS) is 14.7. The Morgan fingerprint density at radius 1 is 1.47 bits per heavy atom. The lowest BCUT2D eigenvalue weighted by Gasteiger charge is -2.16. The molecule has 0 heterocycles. The molecule has 0 saturated carbocycles. The average Bonchev–Trinajstić information content (AvgIpc) is 2.23. The van der Waals surface area contributed by atoms with Gasteiger partial charge < -0.3 is 15.2 Å². The molecule has 2 unspecified atom stereocenters. The first-order valence-electron chi connectivity index (χ1n) is 5.62. The van der Waals surface area contributed by atoms with Crippen LogP contribution in [0, 0.1) is 5.92 Å². The number of hydrogen-bond donors (Lipinski definition) is 2. The van der Waals surface area contributed by atoms with Gasteiger partial charge in [0.15, 0.2) is 0 Å². The van der Waals surface area contributed by atoms with Gasteiger partial charge in [-0.05, 0) is 26.7 Å². The number of nitrogens with one attached hydrogen (secondary N) is 1. The van der Waals surface area contributed by atoms with Crippen molar-refractivity contribution in [3.8, 4) is 0 Å². The van der Waals surface area contributed by atoms with Gasteiger partial charge >= 0.3 is 5.97 Å². The van der Waals surface area contributed by atoms with Crippen LogP contribution in [-0.4, -0.2) is 36.9 Å². The van der Waals surface area contributed by atoms with Crippen molar-refractivity contribution in [1.82, 2.24) is 5.32 Å². The van der Waals surface area contributed by atoms with Crippen LogP contribution in [0.2, 0.25) is 0 Å². The number of esters is 1. The van der Waals surface area contributed by atoms with Crippen molar-refractivity contribution < 1.29 is 14.6 Å². The van der Waals surface area contributed by atoms with Crippen molar-refractivity contribution in [3.63, 3.8) is 0 Å². The van der Waals surface area contributed by atoms with E-state index < -0.39 is 0 Å². The van der Waals surface area contributed by atoms with Crippen molar-refractivity contribution in [3.05, 3.63) is 0 Å². The fourth-order valence-corrected chi connectivity index (χ4v) is 1.25.